The fourth-order valence-electron chi connectivity index (χ4n) is 1.80. The molecule has 0 spiro atoms. The summed E-state index contributed by atoms with van der Waals surface area (Å²) in [5, 5.41) is 8.63. The molecule has 0 unspecified atom stereocenters. The molecule has 3 heteroatoms. The third-order valence-corrected chi connectivity index (χ3v) is 2.50. The molecule has 16 heavy (non-hydrogen) atoms. The van der Waals surface area contributed by atoms with Crippen molar-refractivity contribution in [3.8, 4) is 0 Å². The van der Waals surface area contributed by atoms with Crippen LogP contribution in [-0.2, 0) is 24.3 Å². The number of rotatable bonds is 2. The Morgan fingerprint density at radius 3 is 2.50 bits per heavy atom. The molecule has 1 aliphatic rings. The summed E-state index contributed by atoms with van der Waals surface area (Å²) < 4.78 is 0. The molecule has 1 aromatic carbocycles. The molecule has 0 heterocycles. The molecule has 1 aromatic rings. The molecule has 1 aliphatic carbocycles. The van der Waals surface area contributed by atoms with E-state index in [2.05, 4.69) is 12.1 Å². The van der Waals surface area contributed by atoms with Crippen LogP contribution >= 0.6 is 0 Å². The molecule has 0 fully saturated rings. The van der Waals surface area contributed by atoms with Crippen LogP contribution in [0.5, 0.6) is 0 Å². The number of hydrogen-bond acceptors (Lipinski definition) is 1. The quantitative estimate of drug-likeness (QED) is 0.674. The van der Waals surface area contributed by atoms with Gasteiger partial charge in [0.1, 0.15) is 0 Å². The number of allylic oxidation sites excluding steroid dienone is 3. The molecule has 0 bridgehead atoms. The van der Waals surface area contributed by atoms with Gasteiger partial charge >= 0.3 is 5.97 Å². The van der Waals surface area contributed by atoms with Gasteiger partial charge in [0.15, 0.2) is 0 Å². The molecule has 1 N–H and O–H groups in total. The maximum Gasteiger partial charge on any atom is 0.328 e. The minimum atomic E-state index is -0.865. The monoisotopic (exact) mass is 303 g/mol. The zero-order valence-electron chi connectivity index (χ0n) is 8.64. The molecular formula is C13H12O2Rh. The molecule has 0 atom stereocenters. The molecule has 2 rings (SSSR count). The fraction of sp³-hybridized carbons (Fsp3) is 0.154. The zero-order valence-corrected chi connectivity index (χ0v) is 10.3. The Bertz CT molecular complexity index is 433. The van der Waals surface area contributed by atoms with Crippen molar-refractivity contribution in [1.29, 1.82) is 0 Å². The van der Waals surface area contributed by atoms with Gasteiger partial charge in [-0.25, -0.2) is 4.79 Å². The van der Waals surface area contributed by atoms with Gasteiger partial charge < -0.3 is 5.11 Å². The van der Waals surface area contributed by atoms with E-state index in [9.17, 15) is 4.79 Å². The molecule has 0 aliphatic heterocycles. The van der Waals surface area contributed by atoms with Crippen molar-refractivity contribution in [2.24, 2.45) is 0 Å². The van der Waals surface area contributed by atoms with E-state index in [1.807, 2.05) is 24.3 Å². The smallest absolute Gasteiger partial charge is 0.328 e. The summed E-state index contributed by atoms with van der Waals surface area (Å²) in [6, 6.07) is 10.1. The maximum absolute atomic E-state index is 10.5. The van der Waals surface area contributed by atoms with Crippen molar-refractivity contribution in [3.05, 3.63) is 53.6 Å². The molecule has 0 aromatic heterocycles. The third kappa shape index (κ3) is 3.14. The van der Waals surface area contributed by atoms with Gasteiger partial charge in [0.25, 0.3) is 0 Å². The van der Waals surface area contributed by atoms with Crippen molar-refractivity contribution in [3.63, 3.8) is 0 Å². The first-order chi connectivity index (χ1) is 7.25. The minimum Gasteiger partial charge on any atom is -0.478 e. The average molecular weight is 303 g/mol. The van der Waals surface area contributed by atoms with Crippen molar-refractivity contribution in [1.82, 2.24) is 0 Å². The zero-order chi connectivity index (χ0) is 10.7. The van der Waals surface area contributed by atoms with Crippen LogP contribution in [0.2, 0.25) is 0 Å². The van der Waals surface area contributed by atoms with E-state index in [0.717, 1.165) is 18.4 Å². The summed E-state index contributed by atoms with van der Waals surface area (Å²) >= 11 is 0. The number of carboxylic acid groups (broad SMARTS) is 1. The van der Waals surface area contributed by atoms with Crippen LogP contribution in [0.3, 0.4) is 0 Å². The van der Waals surface area contributed by atoms with E-state index in [-0.39, 0.29) is 19.5 Å². The summed E-state index contributed by atoms with van der Waals surface area (Å²) in [6.07, 6.45) is 5.03. The Morgan fingerprint density at radius 1 is 1.19 bits per heavy atom. The summed E-state index contributed by atoms with van der Waals surface area (Å²) in [5.41, 5.74) is 3.32. The molecule has 1 radical (unpaired) electrons. The van der Waals surface area contributed by atoms with Crippen molar-refractivity contribution in [2.45, 2.75) is 12.8 Å². The normalized spacial score (nSPS) is 16.8. The summed E-state index contributed by atoms with van der Waals surface area (Å²) in [7, 11) is 0. The Balaban J connectivity index is 0.00000128. The number of aliphatic carboxylic acids is 1. The van der Waals surface area contributed by atoms with Crippen LogP contribution in [-0.4, -0.2) is 11.1 Å². The van der Waals surface area contributed by atoms with E-state index in [4.69, 9.17) is 5.11 Å². The molecule has 85 valence electrons. The van der Waals surface area contributed by atoms with E-state index in [1.165, 1.54) is 17.2 Å². The number of hydrogen-bond donors (Lipinski definition) is 1. The first kappa shape index (κ1) is 12.9. The van der Waals surface area contributed by atoms with Crippen LogP contribution < -0.4 is 0 Å². The van der Waals surface area contributed by atoms with Gasteiger partial charge in [-0.1, -0.05) is 36.4 Å². The van der Waals surface area contributed by atoms with Gasteiger partial charge in [0.05, 0.1) is 0 Å². The van der Waals surface area contributed by atoms with Crippen LogP contribution in [0.4, 0.5) is 0 Å². The molecular weight excluding hydrogens is 291 g/mol. The SMILES string of the molecule is O=C(O)/C=C1/C=C(c2ccccc2)CC1.[Rh]. The predicted octanol–water partition coefficient (Wildman–Crippen LogP) is 2.87. The molecule has 0 amide bonds. The average Bonchev–Trinajstić information content (AvgIpc) is 2.67. The summed E-state index contributed by atoms with van der Waals surface area (Å²) in [4.78, 5) is 10.5. The molecule has 2 nitrogen and oxygen atoms in total. The number of benzene rings is 1. The maximum atomic E-state index is 10.5. The van der Waals surface area contributed by atoms with Crippen LogP contribution in [0, 0.1) is 0 Å². The standard InChI is InChI=1S/C13H12O2.Rh/c14-13(15)9-10-6-7-12(8-10)11-4-2-1-3-5-11;/h1-5,8-9H,6-7H2,(H,14,15);/b10-9+;. The first-order valence-electron chi connectivity index (χ1n) is 4.95. The number of carboxylic acids is 1. The second-order valence-corrected chi connectivity index (χ2v) is 3.59. The van der Waals surface area contributed by atoms with Crippen LogP contribution in [0.1, 0.15) is 18.4 Å². The Kier molecular flexibility index (Phi) is 4.63. The Hall–Kier alpha value is -1.21. The second kappa shape index (κ2) is 5.76. The van der Waals surface area contributed by atoms with Crippen molar-refractivity contribution >= 4 is 11.5 Å². The van der Waals surface area contributed by atoms with E-state index in [1.54, 1.807) is 0 Å². The van der Waals surface area contributed by atoms with Crippen molar-refractivity contribution in [2.75, 3.05) is 0 Å². The Morgan fingerprint density at radius 2 is 1.88 bits per heavy atom. The van der Waals surface area contributed by atoms with E-state index >= 15 is 0 Å². The predicted molar refractivity (Wildman–Crippen MR) is 59.4 cm³/mol. The number of carbonyl (C=O) groups is 1. The van der Waals surface area contributed by atoms with Gasteiger partial charge in [0, 0.05) is 25.6 Å². The van der Waals surface area contributed by atoms with Gasteiger partial charge in [-0.05, 0) is 29.6 Å². The second-order valence-electron chi connectivity index (χ2n) is 3.59. The molecule has 0 saturated heterocycles. The van der Waals surface area contributed by atoms with Gasteiger partial charge in [-0.2, -0.15) is 0 Å². The molecule has 0 saturated carbocycles. The largest absolute Gasteiger partial charge is 0.478 e. The van der Waals surface area contributed by atoms with Gasteiger partial charge in [0.2, 0.25) is 0 Å². The summed E-state index contributed by atoms with van der Waals surface area (Å²) in [6.45, 7) is 0. The van der Waals surface area contributed by atoms with Crippen molar-refractivity contribution < 1.29 is 29.4 Å². The van der Waals surface area contributed by atoms with Crippen LogP contribution in [0.15, 0.2) is 48.1 Å². The van der Waals surface area contributed by atoms with Gasteiger partial charge in [-0.3, -0.25) is 0 Å². The Labute approximate surface area is 107 Å². The van der Waals surface area contributed by atoms with Gasteiger partial charge in [-0.15, -0.1) is 0 Å². The fourth-order valence-corrected chi connectivity index (χ4v) is 1.80. The van der Waals surface area contributed by atoms with E-state index < -0.39 is 5.97 Å². The first-order valence-corrected chi connectivity index (χ1v) is 4.95. The van der Waals surface area contributed by atoms with Crippen LogP contribution in [0.25, 0.3) is 5.57 Å². The minimum absolute atomic E-state index is 0. The third-order valence-electron chi connectivity index (χ3n) is 2.50. The topological polar surface area (TPSA) is 37.3 Å². The van der Waals surface area contributed by atoms with E-state index in [0.29, 0.717) is 0 Å². The summed E-state index contributed by atoms with van der Waals surface area (Å²) in [5.74, 6) is -0.865.